The van der Waals surface area contributed by atoms with E-state index in [9.17, 15) is 4.79 Å². The zero-order valence-electron chi connectivity index (χ0n) is 15.7. The van der Waals surface area contributed by atoms with Gasteiger partial charge in [0.25, 0.3) is 0 Å². The van der Waals surface area contributed by atoms with E-state index in [2.05, 4.69) is 49.5 Å². The number of anilines is 1. The number of carbonyl (C=O) groups is 1. The van der Waals surface area contributed by atoms with Crippen molar-refractivity contribution >= 4 is 23.5 Å². The molecule has 27 heavy (non-hydrogen) atoms. The van der Waals surface area contributed by atoms with E-state index in [1.807, 2.05) is 34.6 Å². The second-order valence-corrected chi connectivity index (χ2v) is 8.04. The molecule has 0 bridgehead atoms. The van der Waals surface area contributed by atoms with Crippen molar-refractivity contribution in [3.05, 3.63) is 76.5 Å². The summed E-state index contributed by atoms with van der Waals surface area (Å²) in [5, 5.41) is 7.94. The molecule has 1 aliphatic rings. The Labute approximate surface area is 164 Å². The molecule has 0 saturated heterocycles. The van der Waals surface area contributed by atoms with Gasteiger partial charge in [0.15, 0.2) is 0 Å². The minimum absolute atomic E-state index is 0.0316. The molecule has 0 fully saturated rings. The van der Waals surface area contributed by atoms with Crippen LogP contribution in [-0.4, -0.2) is 15.7 Å². The SMILES string of the molecule is Cc1cc(C)cc(-n2nc3c(c2NC(=O)CCc2ccccc2)CSC3)c1. The molecule has 1 amide bonds. The van der Waals surface area contributed by atoms with Crippen LogP contribution in [0.2, 0.25) is 0 Å². The molecule has 138 valence electrons. The van der Waals surface area contributed by atoms with Gasteiger partial charge in [-0.25, -0.2) is 4.68 Å². The minimum atomic E-state index is 0.0316. The third-order valence-corrected chi connectivity index (χ3v) is 5.71. The van der Waals surface area contributed by atoms with Crippen LogP contribution in [0.15, 0.2) is 48.5 Å². The van der Waals surface area contributed by atoms with Crippen molar-refractivity contribution in [3.8, 4) is 5.69 Å². The second-order valence-electron chi connectivity index (χ2n) is 7.06. The van der Waals surface area contributed by atoms with Crippen LogP contribution >= 0.6 is 11.8 Å². The number of aromatic nitrogens is 2. The molecule has 5 heteroatoms. The van der Waals surface area contributed by atoms with E-state index in [4.69, 9.17) is 5.10 Å². The Morgan fingerprint density at radius 3 is 2.59 bits per heavy atom. The summed E-state index contributed by atoms with van der Waals surface area (Å²) in [4.78, 5) is 12.6. The molecule has 2 heterocycles. The van der Waals surface area contributed by atoms with E-state index < -0.39 is 0 Å². The summed E-state index contributed by atoms with van der Waals surface area (Å²) >= 11 is 1.84. The molecule has 0 atom stereocenters. The van der Waals surface area contributed by atoms with Gasteiger partial charge in [-0.3, -0.25) is 4.79 Å². The van der Waals surface area contributed by atoms with Crippen LogP contribution in [0.4, 0.5) is 5.82 Å². The molecular weight excluding hydrogens is 354 g/mol. The number of hydrogen-bond donors (Lipinski definition) is 1. The molecule has 3 aromatic rings. The summed E-state index contributed by atoms with van der Waals surface area (Å²) in [5.74, 6) is 2.66. The molecule has 0 saturated carbocycles. The Morgan fingerprint density at radius 2 is 1.85 bits per heavy atom. The van der Waals surface area contributed by atoms with Crippen molar-refractivity contribution in [2.24, 2.45) is 0 Å². The van der Waals surface area contributed by atoms with Crippen molar-refractivity contribution in [2.45, 2.75) is 38.2 Å². The van der Waals surface area contributed by atoms with Gasteiger partial charge in [0.05, 0.1) is 11.4 Å². The Kier molecular flexibility index (Phi) is 5.03. The molecule has 1 N–H and O–H groups in total. The van der Waals surface area contributed by atoms with Crippen molar-refractivity contribution in [1.82, 2.24) is 9.78 Å². The lowest BCUT2D eigenvalue weighted by atomic mass is 10.1. The maximum absolute atomic E-state index is 12.6. The fourth-order valence-corrected chi connectivity index (χ4v) is 4.53. The van der Waals surface area contributed by atoms with E-state index in [0.29, 0.717) is 6.42 Å². The summed E-state index contributed by atoms with van der Waals surface area (Å²) in [6.07, 6.45) is 1.20. The van der Waals surface area contributed by atoms with E-state index in [1.165, 1.54) is 16.7 Å². The van der Waals surface area contributed by atoms with Gasteiger partial charge >= 0.3 is 0 Å². The Bertz CT molecular complexity index is 958. The predicted octanol–water partition coefficient (Wildman–Crippen LogP) is 4.81. The van der Waals surface area contributed by atoms with E-state index >= 15 is 0 Å². The zero-order valence-corrected chi connectivity index (χ0v) is 16.5. The van der Waals surface area contributed by atoms with Crippen molar-refractivity contribution in [1.29, 1.82) is 0 Å². The van der Waals surface area contributed by atoms with Crippen LogP contribution < -0.4 is 5.32 Å². The maximum Gasteiger partial charge on any atom is 0.225 e. The van der Waals surface area contributed by atoms with Crippen molar-refractivity contribution in [2.75, 3.05) is 5.32 Å². The first-order chi connectivity index (χ1) is 13.1. The second kappa shape index (κ2) is 7.61. The lowest BCUT2D eigenvalue weighted by molar-refractivity contribution is -0.116. The number of benzene rings is 2. The number of hydrogen-bond acceptors (Lipinski definition) is 3. The van der Waals surface area contributed by atoms with Crippen LogP contribution in [0.1, 0.15) is 34.4 Å². The van der Waals surface area contributed by atoms with Gasteiger partial charge in [0, 0.05) is 23.5 Å². The fraction of sp³-hybridized carbons (Fsp3) is 0.273. The van der Waals surface area contributed by atoms with E-state index in [0.717, 1.165) is 40.7 Å². The third kappa shape index (κ3) is 3.93. The summed E-state index contributed by atoms with van der Waals surface area (Å²) in [7, 11) is 0. The van der Waals surface area contributed by atoms with Crippen LogP contribution in [0.3, 0.4) is 0 Å². The topological polar surface area (TPSA) is 46.9 Å². The Balaban J connectivity index is 1.59. The molecule has 0 spiro atoms. The van der Waals surface area contributed by atoms with Crippen LogP contribution in [0.25, 0.3) is 5.69 Å². The largest absolute Gasteiger partial charge is 0.310 e. The highest BCUT2D eigenvalue weighted by atomic mass is 32.2. The van der Waals surface area contributed by atoms with Crippen LogP contribution in [0.5, 0.6) is 0 Å². The first kappa shape index (κ1) is 17.9. The lowest BCUT2D eigenvalue weighted by Gasteiger charge is -2.12. The monoisotopic (exact) mass is 377 g/mol. The van der Waals surface area contributed by atoms with Crippen molar-refractivity contribution < 1.29 is 4.79 Å². The quantitative estimate of drug-likeness (QED) is 0.694. The molecular formula is C22H23N3OS. The number of nitrogens with one attached hydrogen (secondary N) is 1. The van der Waals surface area contributed by atoms with Gasteiger partial charge in [0.2, 0.25) is 5.91 Å². The summed E-state index contributed by atoms with van der Waals surface area (Å²) in [6, 6.07) is 16.5. The van der Waals surface area contributed by atoms with E-state index in [1.54, 1.807) is 0 Å². The molecule has 0 unspecified atom stereocenters. The molecule has 1 aliphatic heterocycles. The van der Waals surface area contributed by atoms with Gasteiger partial charge in [0.1, 0.15) is 5.82 Å². The molecule has 0 aliphatic carbocycles. The molecule has 4 rings (SSSR count). The number of aryl methyl sites for hydroxylation is 3. The minimum Gasteiger partial charge on any atom is -0.310 e. The smallest absolute Gasteiger partial charge is 0.225 e. The molecule has 0 radical (unpaired) electrons. The number of fused-ring (bicyclic) bond motifs is 1. The average Bonchev–Trinajstić information content (AvgIpc) is 3.23. The summed E-state index contributed by atoms with van der Waals surface area (Å²) < 4.78 is 1.91. The first-order valence-electron chi connectivity index (χ1n) is 9.21. The van der Waals surface area contributed by atoms with Gasteiger partial charge in [-0.05, 0) is 49.1 Å². The number of carbonyl (C=O) groups excluding carboxylic acids is 1. The van der Waals surface area contributed by atoms with Crippen molar-refractivity contribution in [3.63, 3.8) is 0 Å². The molecule has 2 aromatic carbocycles. The molecule has 1 aromatic heterocycles. The standard InChI is InChI=1S/C22H23N3OS/c1-15-10-16(2)12-18(11-15)25-22(19-13-27-14-20(19)24-25)23-21(26)9-8-17-6-4-3-5-7-17/h3-7,10-12H,8-9,13-14H2,1-2H3,(H,23,26). The van der Waals surface area contributed by atoms with Gasteiger partial charge in [-0.2, -0.15) is 16.9 Å². The lowest BCUT2D eigenvalue weighted by Crippen LogP contribution is -2.16. The van der Waals surface area contributed by atoms with Crippen LogP contribution in [0, 0.1) is 13.8 Å². The Hall–Kier alpha value is -2.53. The summed E-state index contributed by atoms with van der Waals surface area (Å²) in [5.41, 5.74) is 6.80. The third-order valence-electron chi connectivity index (χ3n) is 4.74. The van der Waals surface area contributed by atoms with Crippen LogP contribution in [-0.2, 0) is 22.7 Å². The normalized spacial score (nSPS) is 12.8. The van der Waals surface area contributed by atoms with Gasteiger partial charge in [-0.1, -0.05) is 36.4 Å². The number of amides is 1. The van der Waals surface area contributed by atoms with E-state index in [-0.39, 0.29) is 5.91 Å². The number of thioether (sulfide) groups is 1. The highest BCUT2D eigenvalue weighted by Crippen LogP contribution is 2.36. The highest BCUT2D eigenvalue weighted by molar-refractivity contribution is 7.98. The van der Waals surface area contributed by atoms with Gasteiger partial charge in [-0.15, -0.1) is 0 Å². The zero-order chi connectivity index (χ0) is 18.8. The number of rotatable bonds is 5. The van der Waals surface area contributed by atoms with Gasteiger partial charge < -0.3 is 5.32 Å². The number of nitrogens with zero attached hydrogens (tertiary/aromatic N) is 2. The fourth-order valence-electron chi connectivity index (χ4n) is 3.50. The molecule has 4 nitrogen and oxygen atoms in total. The summed E-state index contributed by atoms with van der Waals surface area (Å²) in [6.45, 7) is 4.17. The highest BCUT2D eigenvalue weighted by Gasteiger charge is 2.24. The first-order valence-corrected chi connectivity index (χ1v) is 10.4. The average molecular weight is 378 g/mol. The maximum atomic E-state index is 12.6. The predicted molar refractivity (Wildman–Crippen MR) is 111 cm³/mol. The Morgan fingerprint density at radius 1 is 1.11 bits per heavy atom.